The van der Waals surface area contributed by atoms with Crippen LogP contribution >= 0.6 is 0 Å². The van der Waals surface area contributed by atoms with E-state index in [1.165, 1.54) is 0 Å². The quantitative estimate of drug-likeness (QED) is 0.837. The Labute approximate surface area is 111 Å². The number of allylic oxidation sites excluding steroid dienone is 1. The van der Waals surface area contributed by atoms with Gasteiger partial charge in [-0.3, -0.25) is 0 Å². The molecule has 0 radical (unpaired) electrons. The summed E-state index contributed by atoms with van der Waals surface area (Å²) in [5.74, 6) is 0. The summed E-state index contributed by atoms with van der Waals surface area (Å²) in [4.78, 5) is 14.2. The number of nitrogens with zero attached hydrogens (tertiary/aromatic N) is 3. The van der Waals surface area contributed by atoms with Crippen LogP contribution < -0.4 is 0 Å². The van der Waals surface area contributed by atoms with Crippen molar-refractivity contribution in [3.8, 4) is 0 Å². The smallest absolute Gasteiger partial charge is 0.234 e. The molecule has 0 saturated heterocycles. The van der Waals surface area contributed by atoms with Crippen LogP contribution in [0.25, 0.3) is 5.70 Å². The lowest BCUT2D eigenvalue weighted by Crippen LogP contribution is -2.40. The molecule has 0 bridgehead atoms. The molecule has 0 aromatic heterocycles. The van der Waals surface area contributed by atoms with E-state index in [9.17, 15) is 5.11 Å². The molecular weight excluding hydrogens is 242 g/mol. The lowest BCUT2D eigenvalue weighted by molar-refractivity contribution is -0.947. The van der Waals surface area contributed by atoms with Gasteiger partial charge >= 0.3 is 0 Å². The molecule has 2 aliphatic heterocycles. The lowest BCUT2D eigenvalue weighted by atomic mass is 10.1. The highest BCUT2D eigenvalue weighted by atomic mass is 16.7. The van der Waals surface area contributed by atoms with Gasteiger partial charge in [-0.2, -0.15) is 9.83 Å². The zero-order chi connectivity index (χ0) is 13.3. The highest BCUT2D eigenvalue weighted by molar-refractivity contribution is 5.95. The van der Waals surface area contributed by atoms with Crippen molar-refractivity contribution >= 4 is 18.3 Å². The van der Waals surface area contributed by atoms with Crippen LogP contribution in [0, 0.1) is 0 Å². The number of fused-ring (bicyclic) bond motifs is 1. The summed E-state index contributed by atoms with van der Waals surface area (Å²) >= 11 is 0. The second-order valence-corrected chi connectivity index (χ2v) is 4.27. The summed E-state index contributed by atoms with van der Waals surface area (Å²) in [7, 11) is 1.60. The Morgan fingerprint density at radius 2 is 2.00 bits per heavy atom. The fourth-order valence-electron chi connectivity index (χ4n) is 2.19. The van der Waals surface area contributed by atoms with Gasteiger partial charge in [-0.05, 0) is 0 Å². The predicted molar refractivity (Wildman–Crippen MR) is 72.8 cm³/mol. The first kappa shape index (κ1) is 12.0. The van der Waals surface area contributed by atoms with Crippen molar-refractivity contribution in [1.29, 1.82) is 0 Å². The van der Waals surface area contributed by atoms with Crippen molar-refractivity contribution in [3.63, 3.8) is 0 Å². The number of hydrogen-bond donors (Lipinski definition) is 1. The Bertz CT molecular complexity index is 617. The SMILES string of the molecule is CO[N+]12C=NC(c3ccccc3)=C1C=NC(CO)=C2. The molecule has 1 unspecified atom stereocenters. The summed E-state index contributed by atoms with van der Waals surface area (Å²) < 4.78 is 0.0314. The first-order chi connectivity index (χ1) is 9.29. The molecule has 1 N–H and O–H groups in total. The van der Waals surface area contributed by atoms with E-state index in [1.54, 1.807) is 25.9 Å². The summed E-state index contributed by atoms with van der Waals surface area (Å²) in [5.41, 5.74) is 3.25. The van der Waals surface area contributed by atoms with Gasteiger partial charge in [-0.15, -0.1) is 0 Å². The van der Waals surface area contributed by atoms with E-state index in [2.05, 4.69) is 9.98 Å². The highest BCUT2D eigenvalue weighted by Gasteiger charge is 2.41. The molecule has 0 aliphatic carbocycles. The van der Waals surface area contributed by atoms with Gasteiger partial charge in [0.2, 0.25) is 12.0 Å². The molecule has 5 heteroatoms. The van der Waals surface area contributed by atoms with Crippen LogP contribution in [-0.2, 0) is 4.84 Å². The maximum atomic E-state index is 9.20. The minimum Gasteiger partial charge on any atom is -0.390 e. The average molecular weight is 256 g/mol. The normalized spacial score (nSPS) is 24.6. The van der Waals surface area contributed by atoms with Crippen molar-refractivity contribution in [2.75, 3.05) is 13.7 Å². The van der Waals surface area contributed by atoms with Gasteiger partial charge < -0.3 is 5.11 Å². The third kappa shape index (κ3) is 1.84. The molecule has 96 valence electrons. The van der Waals surface area contributed by atoms with Crippen LogP contribution in [0.3, 0.4) is 0 Å². The molecule has 1 aromatic rings. The first-order valence-corrected chi connectivity index (χ1v) is 5.95. The number of benzene rings is 1. The molecule has 0 spiro atoms. The molecule has 19 heavy (non-hydrogen) atoms. The highest BCUT2D eigenvalue weighted by Crippen LogP contribution is 2.34. The molecule has 1 atom stereocenters. The van der Waals surface area contributed by atoms with E-state index in [4.69, 9.17) is 4.84 Å². The van der Waals surface area contributed by atoms with E-state index in [1.807, 2.05) is 30.3 Å². The Balaban J connectivity index is 2.13. The van der Waals surface area contributed by atoms with Crippen LogP contribution in [-0.4, -0.2) is 36.0 Å². The van der Waals surface area contributed by atoms with Crippen LogP contribution in [0.4, 0.5) is 0 Å². The molecule has 0 saturated carbocycles. The summed E-state index contributed by atoms with van der Waals surface area (Å²) in [6, 6.07) is 9.88. The third-order valence-corrected chi connectivity index (χ3v) is 3.18. The minimum absolute atomic E-state index is 0.0314. The number of hydroxylamine groups is 3. The zero-order valence-corrected chi connectivity index (χ0v) is 10.5. The molecule has 0 amide bonds. The first-order valence-electron chi connectivity index (χ1n) is 5.95. The van der Waals surface area contributed by atoms with Crippen LogP contribution in [0.1, 0.15) is 5.56 Å². The molecule has 2 aliphatic rings. The predicted octanol–water partition coefficient (Wildman–Crippen LogP) is 1.69. The van der Waals surface area contributed by atoms with Gasteiger partial charge in [0.05, 0.1) is 19.9 Å². The Morgan fingerprint density at radius 3 is 2.68 bits per heavy atom. The van der Waals surface area contributed by atoms with E-state index >= 15 is 0 Å². The number of rotatable bonds is 3. The zero-order valence-electron chi connectivity index (χ0n) is 10.5. The summed E-state index contributed by atoms with van der Waals surface area (Å²) in [6.07, 6.45) is 5.14. The molecule has 2 heterocycles. The number of aliphatic hydroxyl groups excluding tert-OH is 1. The van der Waals surface area contributed by atoms with Gasteiger partial charge in [0.1, 0.15) is 11.4 Å². The molecule has 3 rings (SSSR count). The number of quaternary nitrogens is 1. The lowest BCUT2D eigenvalue weighted by Gasteiger charge is -2.24. The fraction of sp³-hybridized carbons (Fsp3) is 0.143. The maximum Gasteiger partial charge on any atom is 0.234 e. The molecule has 5 nitrogen and oxygen atoms in total. The van der Waals surface area contributed by atoms with Gasteiger partial charge in [0.25, 0.3) is 0 Å². The second kappa shape index (κ2) is 4.55. The number of aliphatic imine (C=N–C) groups is 2. The number of hydrogen-bond acceptors (Lipinski definition) is 4. The Morgan fingerprint density at radius 1 is 1.21 bits per heavy atom. The Kier molecular flexibility index (Phi) is 2.87. The van der Waals surface area contributed by atoms with Crippen LogP contribution in [0.5, 0.6) is 0 Å². The van der Waals surface area contributed by atoms with Gasteiger partial charge in [0, 0.05) is 5.56 Å². The van der Waals surface area contributed by atoms with Gasteiger partial charge in [0.15, 0.2) is 6.20 Å². The molecule has 0 fully saturated rings. The maximum absolute atomic E-state index is 9.20. The van der Waals surface area contributed by atoms with Crippen LogP contribution in [0.2, 0.25) is 0 Å². The van der Waals surface area contributed by atoms with E-state index < -0.39 is 0 Å². The topological polar surface area (TPSA) is 54.2 Å². The van der Waals surface area contributed by atoms with Crippen molar-refractivity contribution in [2.24, 2.45) is 9.98 Å². The van der Waals surface area contributed by atoms with Crippen molar-refractivity contribution in [2.45, 2.75) is 0 Å². The van der Waals surface area contributed by atoms with E-state index in [-0.39, 0.29) is 11.3 Å². The van der Waals surface area contributed by atoms with Gasteiger partial charge in [-0.25, -0.2) is 4.99 Å². The van der Waals surface area contributed by atoms with Gasteiger partial charge in [-0.1, -0.05) is 35.0 Å². The minimum atomic E-state index is -0.123. The third-order valence-electron chi connectivity index (χ3n) is 3.18. The molecular formula is C14H14N3O2+. The Hall–Kier alpha value is -2.08. The van der Waals surface area contributed by atoms with Crippen molar-refractivity contribution in [1.82, 2.24) is 0 Å². The fourth-order valence-corrected chi connectivity index (χ4v) is 2.19. The molecule has 1 aromatic carbocycles. The summed E-state index contributed by atoms with van der Waals surface area (Å²) in [5, 5.41) is 9.20. The number of aliphatic hydroxyl groups is 1. The van der Waals surface area contributed by atoms with Crippen molar-refractivity contribution in [3.05, 3.63) is 53.5 Å². The van der Waals surface area contributed by atoms with Crippen LogP contribution in [0.15, 0.2) is 57.9 Å². The van der Waals surface area contributed by atoms with E-state index in [0.717, 1.165) is 17.0 Å². The largest absolute Gasteiger partial charge is 0.390 e. The standard InChI is InChI=1S/C14H14N3O2/c1-19-17-8-12(9-18)15-7-13(17)14(16-10-17)11-5-3-2-4-6-11/h2-8,10,18H,9H2,1H3/q+1. The van der Waals surface area contributed by atoms with Crippen molar-refractivity contribution < 1.29 is 14.6 Å². The average Bonchev–Trinajstić information content (AvgIpc) is 2.87. The second-order valence-electron chi connectivity index (χ2n) is 4.27. The van der Waals surface area contributed by atoms with E-state index in [0.29, 0.717) is 5.70 Å². The summed E-state index contributed by atoms with van der Waals surface area (Å²) in [6.45, 7) is -0.123. The monoisotopic (exact) mass is 256 g/mol.